The topological polar surface area (TPSA) is 66.9 Å². The third-order valence-electron chi connectivity index (χ3n) is 1.71. The Bertz CT molecular complexity index is 385. The molecule has 70 valence electrons. The molecule has 0 aliphatic carbocycles. The van der Waals surface area contributed by atoms with Crippen LogP contribution in [0.15, 0.2) is 30.3 Å². The highest BCUT2D eigenvalue weighted by Gasteiger charge is 1.97. The minimum absolute atomic E-state index is 0.386. The van der Waals surface area contributed by atoms with Crippen LogP contribution in [0.25, 0.3) is 6.08 Å². The van der Waals surface area contributed by atoms with Gasteiger partial charge in [0.15, 0.2) is 0 Å². The lowest BCUT2D eigenvalue weighted by Crippen LogP contribution is -2.10. The molecule has 0 saturated heterocycles. The highest BCUT2D eigenvalue weighted by molar-refractivity contribution is 5.92. The maximum Gasteiger partial charge on any atom is 0.248 e. The Balaban J connectivity index is 2.74. The van der Waals surface area contributed by atoms with Crippen molar-refractivity contribution in [3.8, 4) is 6.07 Å². The Morgan fingerprint density at radius 2 is 2.07 bits per heavy atom. The molecule has 0 aliphatic heterocycles. The zero-order valence-corrected chi connectivity index (χ0v) is 7.60. The van der Waals surface area contributed by atoms with E-state index >= 15 is 0 Å². The number of nitrogens with zero attached hydrogens (tertiary/aromatic N) is 1. The summed E-state index contributed by atoms with van der Waals surface area (Å²) in [6, 6.07) is 8.90. The number of primary amides is 1. The first-order valence-electron chi connectivity index (χ1n) is 4.17. The summed E-state index contributed by atoms with van der Waals surface area (Å²) >= 11 is 0. The van der Waals surface area contributed by atoms with Gasteiger partial charge in [0.05, 0.1) is 12.5 Å². The fourth-order valence-electron chi connectivity index (χ4n) is 1.01. The van der Waals surface area contributed by atoms with Gasteiger partial charge >= 0.3 is 0 Å². The lowest BCUT2D eigenvalue weighted by molar-refractivity contribution is 0.100. The van der Waals surface area contributed by atoms with Crippen LogP contribution in [-0.2, 0) is 0 Å². The smallest absolute Gasteiger partial charge is 0.248 e. The molecule has 3 heteroatoms. The summed E-state index contributed by atoms with van der Waals surface area (Å²) in [6.07, 6.45) is 3.98. The van der Waals surface area contributed by atoms with Crippen LogP contribution < -0.4 is 5.73 Å². The predicted octanol–water partition coefficient (Wildman–Crippen LogP) is 1.71. The lowest BCUT2D eigenvalue weighted by atomic mass is 10.1. The first-order valence-corrected chi connectivity index (χ1v) is 4.17. The third-order valence-corrected chi connectivity index (χ3v) is 1.71. The molecule has 0 unspecified atom stereocenters. The fourth-order valence-corrected chi connectivity index (χ4v) is 1.01. The maximum absolute atomic E-state index is 10.7. The molecule has 0 saturated carbocycles. The van der Waals surface area contributed by atoms with Crippen LogP contribution in [0.2, 0.25) is 0 Å². The fraction of sp³-hybridized carbons (Fsp3) is 0.0909. The van der Waals surface area contributed by atoms with Crippen molar-refractivity contribution in [2.45, 2.75) is 6.42 Å². The standard InChI is InChI=1S/C11H10N2O/c12-8-2-1-3-9-4-6-10(7-5-9)11(13)14/h1,3-7H,2H2,(H2,13,14). The normalized spacial score (nSPS) is 9.93. The van der Waals surface area contributed by atoms with E-state index in [-0.39, 0.29) is 0 Å². The number of benzene rings is 1. The van der Waals surface area contributed by atoms with E-state index in [0.717, 1.165) is 5.56 Å². The number of hydrogen-bond acceptors (Lipinski definition) is 2. The van der Waals surface area contributed by atoms with Crippen molar-refractivity contribution < 1.29 is 4.79 Å². The van der Waals surface area contributed by atoms with E-state index in [4.69, 9.17) is 11.0 Å². The second kappa shape index (κ2) is 4.83. The summed E-state index contributed by atoms with van der Waals surface area (Å²) in [7, 11) is 0. The number of allylic oxidation sites excluding steroid dienone is 1. The zero-order valence-electron chi connectivity index (χ0n) is 7.60. The molecule has 0 fully saturated rings. The van der Waals surface area contributed by atoms with Crippen LogP contribution in [0.4, 0.5) is 0 Å². The van der Waals surface area contributed by atoms with E-state index in [9.17, 15) is 4.79 Å². The van der Waals surface area contributed by atoms with Crippen LogP contribution in [0.3, 0.4) is 0 Å². The largest absolute Gasteiger partial charge is 0.366 e. The third kappa shape index (κ3) is 2.76. The maximum atomic E-state index is 10.7. The summed E-state index contributed by atoms with van der Waals surface area (Å²) in [5, 5.41) is 8.30. The van der Waals surface area contributed by atoms with Crippen LogP contribution in [0.5, 0.6) is 0 Å². The monoisotopic (exact) mass is 186 g/mol. The lowest BCUT2D eigenvalue weighted by Gasteiger charge is -1.95. The van der Waals surface area contributed by atoms with Gasteiger partial charge in [-0.3, -0.25) is 4.79 Å². The highest BCUT2D eigenvalue weighted by Crippen LogP contribution is 2.05. The molecule has 0 atom stereocenters. The van der Waals surface area contributed by atoms with Gasteiger partial charge in [-0.05, 0) is 17.7 Å². The molecule has 0 bridgehead atoms. The molecule has 1 aromatic rings. The molecular weight excluding hydrogens is 176 g/mol. The molecule has 0 spiro atoms. The number of nitrogens with two attached hydrogens (primary N) is 1. The summed E-state index contributed by atoms with van der Waals surface area (Å²) < 4.78 is 0. The minimum Gasteiger partial charge on any atom is -0.366 e. The average Bonchev–Trinajstić information content (AvgIpc) is 2.19. The van der Waals surface area contributed by atoms with E-state index in [1.54, 1.807) is 30.3 Å². The summed E-state index contributed by atoms with van der Waals surface area (Å²) in [4.78, 5) is 10.7. The van der Waals surface area contributed by atoms with Gasteiger partial charge in [0.2, 0.25) is 5.91 Å². The van der Waals surface area contributed by atoms with Crippen LogP contribution in [0, 0.1) is 11.3 Å². The number of amides is 1. The van der Waals surface area contributed by atoms with E-state index in [0.29, 0.717) is 12.0 Å². The second-order valence-electron chi connectivity index (χ2n) is 2.75. The number of rotatable bonds is 3. The molecule has 14 heavy (non-hydrogen) atoms. The molecule has 1 amide bonds. The van der Waals surface area contributed by atoms with Crippen molar-refractivity contribution in [1.29, 1.82) is 5.26 Å². The number of nitriles is 1. The molecule has 1 rings (SSSR count). The average molecular weight is 186 g/mol. The van der Waals surface area contributed by atoms with Crippen molar-refractivity contribution in [2.24, 2.45) is 5.73 Å². The molecular formula is C11H10N2O. The van der Waals surface area contributed by atoms with E-state index in [1.807, 2.05) is 12.1 Å². The van der Waals surface area contributed by atoms with Gasteiger partial charge in [0, 0.05) is 5.56 Å². The molecule has 0 radical (unpaired) electrons. The quantitative estimate of drug-likeness (QED) is 0.780. The first kappa shape index (κ1) is 10.0. The Hall–Kier alpha value is -2.08. The Morgan fingerprint density at radius 1 is 1.43 bits per heavy atom. The van der Waals surface area contributed by atoms with Crippen molar-refractivity contribution in [3.05, 3.63) is 41.5 Å². The number of carbonyl (C=O) groups is 1. The SMILES string of the molecule is N#CCC=Cc1ccc(C(N)=O)cc1. The summed E-state index contributed by atoms with van der Waals surface area (Å²) in [5.41, 5.74) is 6.52. The van der Waals surface area contributed by atoms with E-state index < -0.39 is 5.91 Å². The molecule has 0 aromatic heterocycles. The van der Waals surface area contributed by atoms with Crippen LogP contribution in [0.1, 0.15) is 22.3 Å². The van der Waals surface area contributed by atoms with Gasteiger partial charge in [-0.15, -0.1) is 0 Å². The molecule has 0 aliphatic rings. The van der Waals surface area contributed by atoms with Crippen LogP contribution in [-0.4, -0.2) is 5.91 Å². The van der Waals surface area contributed by atoms with E-state index in [2.05, 4.69) is 0 Å². The van der Waals surface area contributed by atoms with Gasteiger partial charge in [-0.1, -0.05) is 24.3 Å². The Labute approximate surface area is 82.5 Å². The molecule has 1 aromatic carbocycles. The van der Waals surface area contributed by atoms with Crippen molar-refractivity contribution in [1.82, 2.24) is 0 Å². The zero-order chi connectivity index (χ0) is 10.4. The van der Waals surface area contributed by atoms with Crippen molar-refractivity contribution >= 4 is 12.0 Å². The molecule has 0 heterocycles. The minimum atomic E-state index is -0.433. The van der Waals surface area contributed by atoms with Gasteiger partial charge in [0.1, 0.15) is 0 Å². The van der Waals surface area contributed by atoms with Crippen molar-refractivity contribution in [2.75, 3.05) is 0 Å². The van der Waals surface area contributed by atoms with Gasteiger partial charge < -0.3 is 5.73 Å². The van der Waals surface area contributed by atoms with Gasteiger partial charge in [0.25, 0.3) is 0 Å². The Morgan fingerprint density at radius 3 is 2.57 bits per heavy atom. The first-order chi connectivity index (χ1) is 6.74. The van der Waals surface area contributed by atoms with Crippen LogP contribution >= 0.6 is 0 Å². The highest BCUT2D eigenvalue weighted by atomic mass is 16.1. The summed E-state index contributed by atoms with van der Waals surface area (Å²) in [5.74, 6) is -0.433. The number of hydrogen-bond donors (Lipinski definition) is 1. The summed E-state index contributed by atoms with van der Waals surface area (Å²) in [6.45, 7) is 0. The van der Waals surface area contributed by atoms with Gasteiger partial charge in [-0.25, -0.2) is 0 Å². The number of carbonyl (C=O) groups excluding carboxylic acids is 1. The van der Waals surface area contributed by atoms with E-state index in [1.165, 1.54) is 0 Å². The predicted molar refractivity (Wildman–Crippen MR) is 54.2 cm³/mol. The molecule has 2 N–H and O–H groups in total. The van der Waals surface area contributed by atoms with Gasteiger partial charge in [-0.2, -0.15) is 5.26 Å². The Kier molecular flexibility index (Phi) is 3.45. The second-order valence-corrected chi connectivity index (χ2v) is 2.75. The van der Waals surface area contributed by atoms with Crippen molar-refractivity contribution in [3.63, 3.8) is 0 Å². The molecule has 3 nitrogen and oxygen atoms in total.